The first-order valence-corrected chi connectivity index (χ1v) is 7.71. The Kier molecular flexibility index (Phi) is 6.31. The first-order chi connectivity index (χ1) is 11.5. The highest BCUT2D eigenvalue weighted by Gasteiger charge is 2.15. The number of hydrogen-bond donors (Lipinski definition) is 3. The van der Waals surface area contributed by atoms with Gasteiger partial charge in [0.1, 0.15) is 0 Å². The van der Waals surface area contributed by atoms with E-state index in [1.807, 2.05) is 6.34 Å². The van der Waals surface area contributed by atoms with E-state index < -0.39 is 11.9 Å². The van der Waals surface area contributed by atoms with Crippen LogP contribution in [0.1, 0.15) is 24.0 Å². The molecule has 0 saturated heterocycles. The molecule has 126 valence electrons. The number of carboxylic acid groups (broad SMARTS) is 2. The normalized spacial score (nSPS) is 18.2. The van der Waals surface area contributed by atoms with Crippen LogP contribution in [0.5, 0.6) is 0 Å². The lowest BCUT2D eigenvalue weighted by Crippen LogP contribution is -2.16. The first kappa shape index (κ1) is 17.5. The van der Waals surface area contributed by atoms with E-state index in [1.54, 1.807) is 5.57 Å². The van der Waals surface area contributed by atoms with Crippen LogP contribution in [-0.2, 0) is 16.0 Å². The molecule has 1 heterocycles. The van der Waals surface area contributed by atoms with Crippen LogP contribution in [0.3, 0.4) is 0 Å². The van der Waals surface area contributed by atoms with E-state index in [9.17, 15) is 9.59 Å². The Hall–Kier alpha value is -2.89. The SMILES string of the molecule is C1=N[C@H](CC2=Cc3ccccc3CC2)CN1.O=C(O)/C=C/C(=O)O. The predicted octanol–water partition coefficient (Wildman–Crippen LogP) is 2.12. The van der Waals surface area contributed by atoms with E-state index in [0.717, 1.165) is 13.0 Å². The van der Waals surface area contributed by atoms with Gasteiger partial charge >= 0.3 is 11.9 Å². The fourth-order valence-corrected chi connectivity index (χ4v) is 2.62. The number of carboxylic acids is 2. The molecule has 0 aromatic heterocycles. The van der Waals surface area contributed by atoms with Crippen LogP contribution < -0.4 is 5.32 Å². The fraction of sp³-hybridized carbons (Fsp3) is 0.278. The molecule has 0 bridgehead atoms. The summed E-state index contributed by atoms with van der Waals surface area (Å²) in [6.45, 7) is 0.999. The van der Waals surface area contributed by atoms with Crippen LogP contribution in [0.2, 0.25) is 0 Å². The predicted molar refractivity (Wildman–Crippen MR) is 92.1 cm³/mol. The molecule has 1 aliphatic heterocycles. The zero-order valence-corrected chi connectivity index (χ0v) is 13.2. The minimum Gasteiger partial charge on any atom is -0.478 e. The van der Waals surface area contributed by atoms with Crippen molar-refractivity contribution in [2.45, 2.75) is 25.3 Å². The molecule has 2 aliphatic rings. The average Bonchev–Trinajstić information content (AvgIpc) is 3.06. The summed E-state index contributed by atoms with van der Waals surface area (Å²) in [5.41, 5.74) is 4.43. The molecule has 3 rings (SSSR count). The molecular formula is C18H20N2O4. The maximum Gasteiger partial charge on any atom is 0.328 e. The highest BCUT2D eigenvalue weighted by Crippen LogP contribution is 2.26. The summed E-state index contributed by atoms with van der Waals surface area (Å²) in [4.78, 5) is 23.5. The summed E-state index contributed by atoms with van der Waals surface area (Å²) in [6.07, 6.45) is 8.80. The molecular weight excluding hydrogens is 308 g/mol. The number of rotatable bonds is 4. The third kappa shape index (κ3) is 5.72. The minimum atomic E-state index is -1.26. The smallest absolute Gasteiger partial charge is 0.328 e. The van der Waals surface area contributed by atoms with E-state index in [0.29, 0.717) is 18.2 Å². The molecule has 1 aliphatic carbocycles. The number of nitrogens with one attached hydrogen (secondary N) is 1. The molecule has 0 saturated carbocycles. The number of benzene rings is 1. The van der Waals surface area contributed by atoms with Crippen molar-refractivity contribution in [3.8, 4) is 0 Å². The van der Waals surface area contributed by atoms with E-state index >= 15 is 0 Å². The monoisotopic (exact) mass is 328 g/mol. The van der Waals surface area contributed by atoms with Gasteiger partial charge in [0, 0.05) is 18.7 Å². The highest BCUT2D eigenvalue weighted by molar-refractivity contribution is 5.89. The third-order valence-electron chi connectivity index (χ3n) is 3.73. The zero-order chi connectivity index (χ0) is 17.4. The summed E-state index contributed by atoms with van der Waals surface area (Å²) in [6, 6.07) is 9.15. The number of aliphatic carboxylic acids is 2. The Bertz CT molecular complexity index is 676. The molecule has 1 aromatic carbocycles. The number of nitrogens with zero attached hydrogens (tertiary/aromatic N) is 1. The quantitative estimate of drug-likeness (QED) is 0.735. The number of hydrogen-bond acceptors (Lipinski definition) is 4. The fourth-order valence-electron chi connectivity index (χ4n) is 2.62. The highest BCUT2D eigenvalue weighted by atomic mass is 16.4. The zero-order valence-electron chi connectivity index (χ0n) is 13.2. The van der Waals surface area contributed by atoms with E-state index in [4.69, 9.17) is 10.2 Å². The van der Waals surface area contributed by atoms with Crippen molar-refractivity contribution >= 4 is 24.4 Å². The summed E-state index contributed by atoms with van der Waals surface area (Å²) >= 11 is 0. The van der Waals surface area contributed by atoms with Gasteiger partial charge < -0.3 is 15.5 Å². The molecule has 6 nitrogen and oxygen atoms in total. The van der Waals surface area contributed by atoms with Gasteiger partial charge in [0.25, 0.3) is 0 Å². The number of fused-ring (bicyclic) bond motifs is 1. The molecule has 24 heavy (non-hydrogen) atoms. The van der Waals surface area contributed by atoms with Crippen molar-refractivity contribution in [1.82, 2.24) is 5.32 Å². The number of carbonyl (C=O) groups is 2. The lowest BCUT2D eigenvalue weighted by Gasteiger charge is -2.17. The van der Waals surface area contributed by atoms with Gasteiger partial charge in [-0.05, 0) is 30.4 Å². The maximum atomic E-state index is 9.55. The molecule has 1 atom stereocenters. The lowest BCUT2D eigenvalue weighted by atomic mass is 9.89. The van der Waals surface area contributed by atoms with E-state index in [-0.39, 0.29) is 0 Å². The largest absolute Gasteiger partial charge is 0.478 e. The molecule has 0 unspecified atom stereocenters. The molecule has 0 spiro atoms. The maximum absolute atomic E-state index is 9.55. The van der Waals surface area contributed by atoms with Crippen LogP contribution in [0.25, 0.3) is 6.08 Å². The summed E-state index contributed by atoms with van der Waals surface area (Å²) in [7, 11) is 0. The van der Waals surface area contributed by atoms with Crippen LogP contribution in [0.15, 0.2) is 47.0 Å². The Balaban J connectivity index is 0.000000224. The van der Waals surface area contributed by atoms with Gasteiger partial charge in [0.2, 0.25) is 0 Å². The van der Waals surface area contributed by atoms with E-state index in [1.165, 1.54) is 24.0 Å². The summed E-state index contributed by atoms with van der Waals surface area (Å²) in [5, 5.41) is 18.8. The molecule has 1 aromatic rings. The lowest BCUT2D eigenvalue weighted by molar-refractivity contribution is -0.134. The first-order valence-electron chi connectivity index (χ1n) is 7.71. The summed E-state index contributed by atoms with van der Waals surface area (Å²) in [5.74, 6) is -2.51. The van der Waals surface area contributed by atoms with Crippen molar-refractivity contribution in [3.63, 3.8) is 0 Å². The third-order valence-corrected chi connectivity index (χ3v) is 3.73. The van der Waals surface area contributed by atoms with Crippen molar-refractivity contribution in [1.29, 1.82) is 0 Å². The van der Waals surface area contributed by atoms with Gasteiger partial charge in [-0.3, -0.25) is 4.99 Å². The van der Waals surface area contributed by atoms with Crippen LogP contribution in [0, 0.1) is 0 Å². The molecule has 0 radical (unpaired) electrons. The Labute approximate surface area is 140 Å². The second kappa shape index (κ2) is 8.67. The van der Waals surface area contributed by atoms with E-state index in [2.05, 4.69) is 40.7 Å². The van der Waals surface area contributed by atoms with Crippen molar-refractivity contribution in [2.75, 3.05) is 6.54 Å². The van der Waals surface area contributed by atoms with Crippen molar-refractivity contribution in [2.24, 2.45) is 4.99 Å². The second-order valence-electron chi connectivity index (χ2n) is 5.56. The average molecular weight is 328 g/mol. The molecule has 6 heteroatoms. The molecule has 0 fully saturated rings. The Morgan fingerprint density at radius 2 is 1.88 bits per heavy atom. The van der Waals surface area contributed by atoms with Crippen LogP contribution >= 0.6 is 0 Å². The van der Waals surface area contributed by atoms with Gasteiger partial charge in [-0.1, -0.05) is 35.9 Å². The van der Waals surface area contributed by atoms with Crippen molar-refractivity contribution < 1.29 is 19.8 Å². The molecule has 3 N–H and O–H groups in total. The van der Waals surface area contributed by atoms with Crippen LogP contribution in [-0.4, -0.2) is 41.1 Å². The second-order valence-corrected chi connectivity index (χ2v) is 5.56. The minimum absolute atomic E-state index is 0.455. The van der Waals surface area contributed by atoms with Gasteiger partial charge in [0.15, 0.2) is 0 Å². The number of aliphatic imine (C=N–C) groups is 1. The van der Waals surface area contributed by atoms with Crippen molar-refractivity contribution in [3.05, 3.63) is 53.1 Å². The number of aryl methyl sites for hydroxylation is 1. The molecule has 0 amide bonds. The Morgan fingerprint density at radius 3 is 2.50 bits per heavy atom. The van der Waals surface area contributed by atoms with Gasteiger partial charge in [-0.2, -0.15) is 0 Å². The van der Waals surface area contributed by atoms with Crippen LogP contribution in [0.4, 0.5) is 0 Å². The Morgan fingerprint density at radius 1 is 1.17 bits per heavy atom. The standard InChI is InChI=1S/C14H16N2.C4H4O4/c1-2-4-13-7-11(5-6-12(13)3-1)8-14-9-15-10-16-14;5-3(6)1-2-4(7)8/h1-4,7,10,14H,5-6,8-9H2,(H,15,16);1-2H,(H,5,6)(H,7,8)/b;2-1+/t14-;/m1./s1. The van der Waals surface area contributed by atoms with Gasteiger partial charge in [-0.25, -0.2) is 9.59 Å². The van der Waals surface area contributed by atoms with Gasteiger partial charge in [0.05, 0.1) is 12.4 Å². The van der Waals surface area contributed by atoms with Gasteiger partial charge in [-0.15, -0.1) is 0 Å². The summed E-state index contributed by atoms with van der Waals surface area (Å²) < 4.78 is 0. The topological polar surface area (TPSA) is 99.0 Å².